The number of fused-ring (bicyclic) bond motifs is 1. The molecule has 3 saturated carbocycles. The second kappa shape index (κ2) is 4.08. The molecule has 1 nitrogen and oxygen atoms in total. The maximum absolute atomic E-state index is 3.86. The predicted octanol–water partition coefficient (Wildman–Crippen LogP) is 3.20. The van der Waals surface area contributed by atoms with Crippen molar-refractivity contribution in [3.63, 3.8) is 0 Å². The van der Waals surface area contributed by atoms with Crippen LogP contribution in [0.4, 0.5) is 0 Å². The van der Waals surface area contributed by atoms with Crippen LogP contribution in [0, 0.1) is 23.7 Å². The molecule has 0 aromatic rings. The molecule has 0 bridgehead atoms. The average molecular weight is 207 g/mol. The second-order valence-corrected chi connectivity index (χ2v) is 6.01. The highest BCUT2D eigenvalue weighted by molar-refractivity contribution is 5.08. The van der Waals surface area contributed by atoms with Crippen LogP contribution < -0.4 is 5.32 Å². The van der Waals surface area contributed by atoms with E-state index in [9.17, 15) is 0 Å². The van der Waals surface area contributed by atoms with E-state index in [2.05, 4.69) is 12.2 Å². The normalized spacial score (nSPS) is 41.0. The molecule has 0 saturated heterocycles. The number of rotatable bonds is 5. The Morgan fingerprint density at radius 2 is 1.73 bits per heavy atom. The zero-order valence-corrected chi connectivity index (χ0v) is 10.0. The van der Waals surface area contributed by atoms with Gasteiger partial charge in [0.1, 0.15) is 0 Å². The summed E-state index contributed by atoms with van der Waals surface area (Å²) in [4.78, 5) is 0. The SMILES string of the molecule is CCCNC(C1CCC1)C1C2CCCC21. The molecule has 1 N–H and O–H groups in total. The third-order valence-corrected chi connectivity index (χ3v) is 5.18. The van der Waals surface area contributed by atoms with Crippen molar-refractivity contribution in [1.29, 1.82) is 0 Å². The number of hydrogen-bond acceptors (Lipinski definition) is 1. The fraction of sp³-hybridized carbons (Fsp3) is 1.00. The van der Waals surface area contributed by atoms with E-state index in [1.807, 2.05) is 0 Å². The van der Waals surface area contributed by atoms with Gasteiger partial charge in [0, 0.05) is 6.04 Å². The lowest BCUT2D eigenvalue weighted by Gasteiger charge is -2.35. The number of nitrogens with one attached hydrogen (secondary N) is 1. The molecule has 3 rings (SSSR count). The van der Waals surface area contributed by atoms with Crippen LogP contribution in [-0.2, 0) is 0 Å². The van der Waals surface area contributed by atoms with Crippen LogP contribution in [0.1, 0.15) is 51.9 Å². The van der Waals surface area contributed by atoms with Gasteiger partial charge in [-0.2, -0.15) is 0 Å². The lowest BCUT2D eigenvalue weighted by Crippen LogP contribution is -2.42. The van der Waals surface area contributed by atoms with Crippen molar-refractivity contribution in [3.05, 3.63) is 0 Å². The summed E-state index contributed by atoms with van der Waals surface area (Å²) in [6.45, 7) is 3.54. The molecule has 3 aliphatic carbocycles. The van der Waals surface area contributed by atoms with Crippen LogP contribution >= 0.6 is 0 Å². The van der Waals surface area contributed by atoms with E-state index in [-0.39, 0.29) is 0 Å². The van der Waals surface area contributed by atoms with Gasteiger partial charge in [-0.05, 0) is 62.3 Å². The van der Waals surface area contributed by atoms with E-state index < -0.39 is 0 Å². The van der Waals surface area contributed by atoms with Crippen LogP contribution in [0.15, 0.2) is 0 Å². The Balaban J connectivity index is 1.58. The molecule has 0 spiro atoms. The molecular formula is C14H25N. The Kier molecular flexibility index (Phi) is 2.76. The lowest BCUT2D eigenvalue weighted by atomic mass is 9.76. The van der Waals surface area contributed by atoms with Crippen molar-refractivity contribution < 1.29 is 0 Å². The first kappa shape index (κ1) is 10.1. The van der Waals surface area contributed by atoms with Crippen LogP contribution in [0.5, 0.6) is 0 Å². The van der Waals surface area contributed by atoms with Crippen molar-refractivity contribution in [2.75, 3.05) is 6.54 Å². The molecule has 3 aliphatic rings. The lowest BCUT2D eigenvalue weighted by molar-refractivity contribution is 0.196. The van der Waals surface area contributed by atoms with Gasteiger partial charge in [-0.25, -0.2) is 0 Å². The first-order valence-electron chi connectivity index (χ1n) is 7.15. The third kappa shape index (κ3) is 1.73. The third-order valence-electron chi connectivity index (χ3n) is 5.18. The quantitative estimate of drug-likeness (QED) is 0.730. The van der Waals surface area contributed by atoms with Crippen LogP contribution in [-0.4, -0.2) is 12.6 Å². The van der Waals surface area contributed by atoms with Gasteiger partial charge >= 0.3 is 0 Å². The summed E-state index contributed by atoms with van der Waals surface area (Å²) in [6, 6.07) is 0.911. The summed E-state index contributed by atoms with van der Waals surface area (Å²) in [5.41, 5.74) is 0. The highest BCUT2D eigenvalue weighted by atomic mass is 15.0. The molecule has 0 heterocycles. The molecule has 0 aromatic heterocycles. The smallest absolute Gasteiger partial charge is 0.0129 e. The largest absolute Gasteiger partial charge is 0.313 e. The Hall–Kier alpha value is -0.0400. The van der Waals surface area contributed by atoms with Gasteiger partial charge < -0.3 is 5.32 Å². The van der Waals surface area contributed by atoms with E-state index in [1.54, 1.807) is 12.8 Å². The highest BCUT2D eigenvalue weighted by Gasteiger charge is 2.57. The van der Waals surface area contributed by atoms with Gasteiger partial charge in [0.2, 0.25) is 0 Å². The monoisotopic (exact) mass is 207 g/mol. The Labute approximate surface area is 94.0 Å². The summed E-state index contributed by atoms with van der Waals surface area (Å²) >= 11 is 0. The first-order valence-corrected chi connectivity index (χ1v) is 7.15. The van der Waals surface area contributed by atoms with Crippen LogP contribution in [0.2, 0.25) is 0 Å². The van der Waals surface area contributed by atoms with Crippen LogP contribution in [0.25, 0.3) is 0 Å². The first-order chi connectivity index (χ1) is 7.42. The molecular weight excluding hydrogens is 182 g/mol. The topological polar surface area (TPSA) is 12.0 Å². The van der Waals surface area contributed by atoms with Crippen molar-refractivity contribution in [3.8, 4) is 0 Å². The van der Waals surface area contributed by atoms with Gasteiger partial charge in [0.15, 0.2) is 0 Å². The maximum Gasteiger partial charge on any atom is 0.0129 e. The minimum atomic E-state index is 0.911. The second-order valence-electron chi connectivity index (χ2n) is 6.01. The summed E-state index contributed by atoms with van der Waals surface area (Å²) in [5, 5.41) is 3.86. The van der Waals surface area contributed by atoms with Crippen molar-refractivity contribution in [2.45, 2.75) is 57.9 Å². The average Bonchev–Trinajstić information content (AvgIpc) is 2.65. The van der Waals surface area contributed by atoms with Gasteiger partial charge in [-0.1, -0.05) is 19.8 Å². The summed E-state index contributed by atoms with van der Waals surface area (Å²) in [5.74, 6) is 4.42. The van der Waals surface area contributed by atoms with Gasteiger partial charge in [-0.15, -0.1) is 0 Å². The summed E-state index contributed by atoms with van der Waals surface area (Å²) in [7, 11) is 0. The Bertz CT molecular complexity index is 211. The van der Waals surface area contributed by atoms with Gasteiger partial charge in [0.05, 0.1) is 0 Å². The zero-order valence-electron chi connectivity index (χ0n) is 10.0. The van der Waals surface area contributed by atoms with Gasteiger partial charge in [-0.3, -0.25) is 0 Å². The zero-order chi connectivity index (χ0) is 10.3. The highest BCUT2D eigenvalue weighted by Crippen LogP contribution is 2.61. The molecule has 1 heteroatoms. The van der Waals surface area contributed by atoms with E-state index in [4.69, 9.17) is 0 Å². The maximum atomic E-state index is 3.86. The molecule has 0 aromatic carbocycles. The fourth-order valence-electron chi connectivity index (χ4n) is 4.14. The predicted molar refractivity (Wildman–Crippen MR) is 63.7 cm³/mol. The molecule has 0 aliphatic heterocycles. The number of hydrogen-bond donors (Lipinski definition) is 1. The molecule has 3 fully saturated rings. The Morgan fingerprint density at radius 3 is 2.27 bits per heavy atom. The van der Waals surface area contributed by atoms with Crippen LogP contribution in [0.3, 0.4) is 0 Å². The minimum absolute atomic E-state index is 0.911. The molecule has 0 radical (unpaired) electrons. The standard InChI is InChI=1S/C14H25N/c1-2-9-15-14(10-5-3-6-10)13-11-7-4-8-12(11)13/h10-15H,2-9H2,1H3. The molecule has 0 amide bonds. The van der Waals surface area contributed by atoms with Gasteiger partial charge in [0.25, 0.3) is 0 Å². The van der Waals surface area contributed by atoms with E-state index in [0.29, 0.717) is 0 Å². The molecule has 86 valence electrons. The van der Waals surface area contributed by atoms with Crippen molar-refractivity contribution in [2.24, 2.45) is 23.7 Å². The molecule has 3 atom stereocenters. The minimum Gasteiger partial charge on any atom is -0.313 e. The van der Waals surface area contributed by atoms with E-state index in [0.717, 1.165) is 29.7 Å². The van der Waals surface area contributed by atoms with E-state index in [1.165, 1.54) is 38.6 Å². The van der Waals surface area contributed by atoms with E-state index >= 15 is 0 Å². The Morgan fingerprint density at radius 1 is 1.07 bits per heavy atom. The summed E-state index contributed by atoms with van der Waals surface area (Å²) in [6.07, 6.45) is 10.4. The van der Waals surface area contributed by atoms with Crippen molar-refractivity contribution in [1.82, 2.24) is 5.32 Å². The summed E-state index contributed by atoms with van der Waals surface area (Å²) < 4.78 is 0. The van der Waals surface area contributed by atoms with Crippen molar-refractivity contribution >= 4 is 0 Å². The fourth-order valence-corrected chi connectivity index (χ4v) is 4.14. The molecule has 15 heavy (non-hydrogen) atoms. The molecule has 3 unspecified atom stereocenters.